The summed E-state index contributed by atoms with van der Waals surface area (Å²) >= 11 is 0. The molecule has 1 aliphatic rings. The number of carbonyl (C=O) groups excluding carboxylic acids is 1. The molecule has 2 heterocycles. The van der Waals surface area contributed by atoms with Gasteiger partial charge in [0.25, 0.3) is 5.91 Å². The van der Waals surface area contributed by atoms with Crippen molar-refractivity contribution >= 4 is 17.0 Å². The maximum Gasteiger partial charge on any atom is 0.420 e. The van der Waals surface area contributed by atoms with Gasteiger partial charge in [0, 0.05) is 25.2 Å². The van der Waals surface area contributed by atoms with Gasteiger partial charge in [-0.3, -0.25) is 9.36 Å². The average Bonchev–Trinajstić information content (AvgIpc) is 2.72. The molecule has 2 aromatic rings. The number of nitrogens with zero attached hydrogens (tertiary/aromatic N) is 2. The van der Waals surface area contributed by atoms with Crippen LogP contribution >= 0.6 is 0 Å². The van der Waals surface area contributed by atoms with Crippen LogP contribution in [-0.2, 0) is 6.54 Å². The van der Waals surface area contributed by atoms with Crippen molar-refractivity contribution in [2.75, 3.05) is 13.1 Å². The summed E-state index contributed by atoms with van der Waals surface area (Å²) in [7, 11) is 0. The van der Waals surface area contributed by atoms with Crippen molar-refractivity contribution in [3.05, 3.63) is 47.0 Å². The highest BCUT2D eigenvalue weighted by atomic mass is 16.4. The van der Waals surface area contributed by atoms with Crippen molar-refractivity contribution in [1.29, 1.82) is 0 Å². The normalized spacial score (nSPS) is 15.7. The molecule has 0 saturated carbocycles. The van der Waals surface area contributed by atoms with E-state index >= 15 is 0 Å². The van der Waals surface area contributed by atoms with Crippen LogP contribution in [0.2, 0.25) is 0 Å². The summed E-state index contributed by atoms with van der Waals surface area (Å²) < 4.78 is 6.67. The molecule has 5 nitrogen and oxygen atoms in total. The highest BCUT2D eigenvalue weighted by Crippen LogP contribution is 2.18. The van der Waals surface area contributed by atoms with Gasteiger partial charge in [-0.25, -0.2) is 4.79 Å². The Morgan fingerprint density at radius 3 is 2.64 bits per heavy atom. The number of hydrogen-bond acceptors (Lipinski definition) is 3. The van der Waals surface area contributed by atoms with Gasteiger partial charge in [-0.15, -0.1) is 6.58 Å². The van der Waals surface area contributed by atoms with Crippen molar-refractivity contribution in [3.8, 4) is 0 Å². The number of likely N-dealkylation sites (tertiary alicyclic amines) is 1. The Morgan fingerprint density at radius 1 is 1.23 bits per heavy atom. The third-order valence-electron chi connectivity index (χ3n) is 4.12. The second kappa shape index (κ2) is 6.22. The molecule has 0 N–H and O–H groups in total. The number of benzene rings is 1. The zero-order valence-electron chi connectivity index (χ0n) is 12.6. The van der Waals surface area contributed by atoms with Gasteiger partial charge in [0.15, 0.2) is 5.58 Å². The molecule has 1 aromatic heterocycles. The molecular weight excluding hydrogens is 280 g/mol. The van der Waals surface area contributed by atoms with E-state index < -0.39 is 5.76 Å². The number of allylic oxidation sites excluding steroid dienone is 1. The number of hydrogen-bond donors (Lipinski definition) is 0. The van der Waals surface area contributed by atoms with E-state index in [9.17, 15) is 9.59 Å². The molecule has 0 spiro atoms. The first-order valence-electron chi connectivity index (χ1n) is 7.74. The molecular formula is C17H20N2O3. The molecule has 1 saturated heterocycles. The summed E-state index contributed by atoms with van der Waals surface area (Å²) in [5.74, 6) is -0.392. The van der Waals surface area contributed by atoms with Gasteiger partial charge in [0.05, 0.1) is 5.52 Å². The van der Waals surface area contributed by atoms with Crippen LogP contribution in [0.1, 0.15) is 36.0 Å². The Bertz CT molecular complexity index is 749. The van der Waals surface area contributed by atoms with Gasteiger partial charge in [-0.05, 0) is 31.0 Å². The smallest absolute Gasteiger partial charge is 0.408 e. The summed E-state index contributed by atoms with van der Waals surface area (Å²) in [6.07, 6.45) is 6.12. The molecule has 0 bridgehead atoms. The van der Waals surface area contributed by atoms with E-state index in [-0.39, 0.29) is 5.91 Å². The first-order chi connectivity index (χ1) is 10.7. The van der Waals surface area contributed by atoms with Crippen LogP contribution in [0.25, 0.3) is 11.1 Å². The standard InChI is InChI=1S/C17H20N2O3/c1-2-9-19-14-12-13(7-8-15(14)22-17(19)21)16(20)18-10-5-3-4-6-11-18/h2,7-8,12H,1,3-6,9-11H2. The van der Waals surface area contributed by atoms with Crippen LogP contribution < -0.4 is 5.76 Å². The van der Waals surface area contributed by atoms with Crippen LogP contribution in [0.5, 0.6) is 0 Å². The molecule has 0 aliphatic carbocycles. The first-order valence-corrected chi connectivity index (χ1v) is 7.74. The molecule has 3 rings (SSSR count). The molecule has 0 unspecified atom stereocenters. The lowest BCUT2D eigenvalue weighted by Gasteiger charge is -2.20. The van der Waals surface area contributed by atoms with Crippen LogP contribution in [0.4, 0.5) is 0 Å². The maximum absolute atomic E-state index is 12.7. The van der Waals surface area contributed by atoms with E-state index in [2.05, 4.69) is 6.58 Å². The minimum Gasteiger partial charge on any atom is -0.408 e. The number of rotatable bonds is 3. The highest BCUT2D eigenvalue weighted by Gasteiger charge is 2.19. The van der Waals surface area contributed by atoms with Crippen LogP contribution in [0, 0.1) is 0 Å². The third kappa shape index (κ3) is 2.71. The summed E-state index contributed by atoms with van der Waals surface area (Å²) in [6, 6.07) is 5.18. The molecule has 1 amide bonds. The molecule has 1 aromatic carbocycles. The van der Waals surface area contributed by atoms with Gasteiger partial charge in [-0.1, -0.05) is 18.9 Å². The molecule has 22 heavy (non-hydrogen) atoms. The molecule has 0 radical (unpaired) electrons. The molecule has 5 heteroatoms. The lowest BCUT2D eigenvalue weighted by atomic mass is 10.1. The number of aromatic nitrogens is 1. The van der Waals surface area contributed by atoms with E-state index in [1.54, 1.807) is 24.3 Å². The monoisotopic (exact) mass is 300 g/mol. The largest absolute Gasteiger partial charge is 0.420 e. The van der Waals surface area contributed by atoms with E-state index in [0.717, 1.165) is 25.9 Å². The average molecular weight is 300 g/mol. The number of amides is 1. The van der Waals surface area contributed by atoms with Gasteiger partial charge in [0.1, 0.15) is 0 Å². The maximum atomic E-state index is 12.7. The predicted molar refractivity (Wildman–Crippen MR) is 85.0 cm³/mol. The fraction of sp³-hybridized carbons (Fsp3) is 0.412. The van der Waals surface area contributed by atoms with Gasteiger partial charge >= 0.3 is 5.76 Å². The van der Waals surface area contributed by atoms with Crippen molar-refractivity contribution in [2.45, 2.75) is 32.2 Å². The minimum atomic E-state index is -0.422. The first kappa shape index (κ1) is 14.6. The van der Waals surface area contributed by atoms with Crippen LogP contribution in [-0.4, -0.2) is 28.5 Å². The molecule has 1 aliphatic heterocycles. The van der Waals surface area contributed by atoms with E-state index in [0.29, 0.717) is 23.2 Å². The second-order valence-corrected chi connectivity index (χ2v) is 5.66. The van der Waals surface area contributed by atoms with E-state index in [1.807, 2.05) is 4.90 Å². The number of oxazole rings is 1. The lowest BCUT2D eigenvalue weighted by Crippen LogP contribution is -2.31. The summed E-state index contributed by atoms with van der Waals surface area (Å²) in [4.78, 5) is 26.4. The minimum absolute atomic E-state index is 0.0302. The van der Waals surface area contributed by atoms with E-state index in [4.69, 9.17) is 4.42 Å². The van der Waals surface area contributed by atoms with Crippen molar-refractivity contribution in [3.63, 3.8) is 0 Å². The fourth-order valence-corrected chi connectivity index (χ4v) is 2.95. The second-order valence-electron chi connectivity index (χ2n) is 5.66. The molecule has 1 fully saturated rings. The Morgan fingerprint density at radius 2 is 1.95 bits per heavy atom. The fourth-order valence-electron chi connectivity index (χ4n) is 2.95. The topological polar surface area (TPSA) is 55.5 Å². The summed E-state index contributed by atoms with van der Waals surface area (Å²) in [5.41, 5.74) is 1.75. The zero-order chi connectivity index (χ0) is 15.5. The number of carbonyl (C=O) groups is 1. The Kier molecular flexibility index (Phi) is 4.13. The van der Waals surface area contributed by atoms with Crippen molar-refractivity contribution in [2.24, 2.45) is 0 Å². The van der Waals surface area contributed by atoms with Crippen LogP contribution in [0.15, 0.2) is 40.1 Å². The Balaban J connectivity index is 1.96. The zero-order valence-corrected chi connectivity index (χ0v) is 12.6. The van der Waals surface area contributed by atoms with Gasteiger partial charge in [0.2, 0.25) is 0 Å². The quantitative estimate of drug-likeness (QED) is 0.819. The summed E-state index contributed by atoms with van der Waals surface area (Å²) in [5, 5.41) is 0. The van der Waals surface area contributed by atoms with Gasteiger partial charge < -0.3 is 9.32 Å². The Hall–Kier alpha value is -2.30. The predicted octanol–water partition coefficient (Wildman–Crippen LogP) is 2.80. The third-order valence-corrected chi connectivity index (χ3v) is 4.12. The lowest BCUT2D eigenvalue weighted by molar-refractivity contribution is 0.0762. The Labute approximate surface area is 128 Å². The molecule has 0 atom stereocenters. The van der Waals surface area contributed by atoms with E-state index in [1.165, 1.54) is 17.4 Å². The summed E-state index contributed by atoms with van der Waals surface area (Å²) in [6.45, 7) is 5.63. The SMILES string of the molecule is C=CCn1c(=O)oc2ccc(C(=O)N3CCCCCC3)cc21. The number of fused-ring (bicyclic) bond motifs is 1. The highest BCUT2D eigenvalue weighted by molar-refractivity contribution is 5.97. The van der Waals surface area contributed by atoms with Crippen molar-refractivity contribution < 1.29 is 9.21 Å². The molecule has 116 valence electrons. The van der Waals surface area contributed by atoms with Gasteiger partial charge in [-0.2, -0.15) is 0 Å². The van der Waals surface area contributed by atoms with Crippen LogP contribution in [0.3, 0.4) is 0 Å². The van der Waals surface area contributed by atoms with Crippen molar-refractivity contribution in [1.82, 2.24) is 9.47 Å².